The van der Waals surface area contributed by atoms with E-state index in [1.165, 1.54) is 10.6 Å². The normalized spacial score (nSPS) is 10.9. The van der Waals surface area contributed by atoms with Crippen molar-refractivity contribution in [1.29, 1.82) is 0 Å². The largest absolute Gasteiger partial charge is 0.477 e. The molecular formula is C13H14N2O3S. The third-order valence-corrected chi connectivity index (χ3v) is 3.84. The summed E-state index contributed by atoms with van der Waals surface area (Å²) in [7, 11) is 0. The lowest BCUT2D eigenvalue weighted by Gasteiger charge is -2.04. The Kier molecular flexibility index (Phi) is 3.80. The first-order valence-electron chi connectivity index (χ1n) is 5.86. The summed E-state index contributed by atoms with van der Waals surface area (Å²) in [4.78, 5) is 27.2. The van der Waals surface area contributed by atoms with Gasteiger partial charge < -0.3 is 9.67 Å². The number of carbonyl (C=O) groups is 1. The van der Waals surface area contributed by atoms with Crippen molar-refractivity contribution in [3.05, 3.63) is 50.3 Å². The van der Waals surface area contributed by atoms with E-state index in [0.29, 0.717) is 12.5 Å². The van der Waals surface area contributed by atoms with Crippen LogP contribution in [0.15, 0.2) is 28.5 Å². The van der Waals surface area contributed by atoms with Crippen LogP contribution >= 0.6 is 11.3 Å². The second-order valence-electron chi connectivity index (χ2n) is 4.49. The standard InChI is InChI=1S/C13H14N2O3S/c1-8(2)11-14-9(7-19-11)6-15-5-3-4-10(12(15)16)13(17)18/h3-5,7-8H,6H2,1-2H3,(H,17,18). The van der Waals surface area contributed by atoms with Crippen LogP contribution in [0.5, 0.6) is 0 Å². The lowest BCUT2D eigenvalue weighted by molar-refractivity contribution is 0.0694. The Morgan fingerprint density at radius 3 is 2.84 bits per heavy atom. The zero-order chi connectivity index (χ0) is 14.0. The van der Waals surface area contributed by atoms with Gasteiger partial charge in [-0.15, -0.1) is 11.3 Å². The number of thiazole rings is 1. The molecule has 0 unspecified atom stereocenters. The molecule has 0 radical (unpaired) electrons. The van der Waals surface area contributed by atoms with Gasteiger partial charge in [-0.3, -0.25) is 4.79 Å². The Morgan fingerprint density at radius 2 is 2.26 bits per heavy atom. The van der Waals surface area contributed by atoms with Gasteiger partial charge >= 0.3 is 5.97 Å². The minimum absolute atomic E-state index is 0.221. The average molecular weight is 278 g/mol. The van der Waals surface area contributed by atoms with E-state index in [2.05, 4.69) is 18.8 Å². The number of aromatic nitrogens is 2. The van der Waals surface area contributed by atoms with Crippen LogP contribution < -0.4 is 5.56 Å². The molecular weight excluding hydrogens is 264 g/mol. The Hall–Kier alpha value is -1.95. The Labute approximate surface area is 114 Å². The van der Waals surface area contributed by atoms with Crippen LogP contribution in [0.4, 0.5) is 0 Å². The van der Waals surface area contributed by atoms with Crippen molar-refractivity contribution in [2.75, 3.05) is 0 Å². The maximum Gasteiger partial charge on any atom is 0.341 e. The molecule has 5 nitrogen and oxygen atoms in total. The van der Waals surface area contributed by atoms with Crippen LogP contribution in [0.1, 0.15) is 40.8 Å². The van der Waals surface area contributed by atoms with Gasteiger partial charge in [-0.1, -0.05) is 13.8 Å². The maximum atomic E-state index is 11.9. The highest BCUT2D eigenvalue weighted by atomic mass is 32.1. The predicted octanol–water partition coefficient (Wildman–Crippen LogP) is 2.17. The van der Waals surface area contributed by atoms with Crippen LogP contribution in [0.2, 0.25) is 0 Å². The highest BCUT2D eigenvalue weighted by molar-refractivity contribution is 7.09. The second kappa shape index (κ2) is 5.36. The van der Waals surface area contributed by atoms with E-state index in [1.807, 2.05) is 5.38 Å². The van der Waals surface area contributed by atoms with Gasteiger partial charge in [0.25, 0.3) is 5.56 Å². The molecule has 0 aliphatic carbocycles. The molecule has 0 atom stereocenters. The van der Waals surface area contributed by atoms with Gasteiger partial charge in [-0.05, 0) is 12.1 Å². The van der Waals surface area contributed by atoms with Crippen molar-refractivity contribution in [3.8, 4) is 0 Å². The molecule has 0 fully saturated rings. The first-order chi connectivity index (χ1) is 8.99. The first-order valence-corrected chi connectivity index (χ1v) is 6.74. The summed E-state index contributed by atoms with van der Waals surface area (Å²) in [5.74, 6) is -0.860. The molecule has 19 heavy (non-hydrogen) atoms. The summed E-state index contributed by atoms with van der Waals surface area (Å²) >= 11 is 1.55. The maximum absolute atomic E-state index is 11.9. The molecule has 2 heterocycles. The van der Waals surface area contributed by atoms with Crippen molar-refractivity contribution < 1.29 is 9.90 Å². The highest BCUT2D eigenvalue weighted by Gasteiger charge is 2.12. The molecule has 0 bridgehead atoms. The van der Waals surface area contributed by atoms with Crippen LogP contribution in [0.3, 0.4) is 0 Å². The smallest absolute Gasteiger partial charge is 0.341 e. The van der Waals surface area contributed by atoms with Gasteiger partial charge in [-0.2, -0.15) is 0 Å². The first kappa shape index (κ1) is 13.5. The van der Waals surface area contributed by atoms with Gasteiger partial charge in [0.2, 0.25) is 0 Å². The van der Waals surface area contributed by atoms with E-state index >= 15 is 0 Å². The number of carboxylic acids is 1. The van der Waals surface area contributed by atoms with Crippen LogP contribution in [0, 0.1) is 0 Å². The van der Waals surface area contributed by atoms with E-state index in [9.17, 15) is 9.59 Å². The minimum Gasteiger partial charge on any atom is -0.477 e. The zero-order valence-electron chi connectivity index (χ0n) is 10.7. The molecule has 0 aromatic carbocycles. The van der Waals surface area contributed by atoms with Gasteiger partial charge in [0.05, 0.1) is 17.2 Å². The SMILES string of the molecule is CC(C)c1nc(Cn2cccc(C(=O)O)c2=O)cs1. The van der Waals surface area contributed by atoms with Gasteiger partial charge in [0, 0.05) is 17.5 Å². The number of nitrogens with zero attached hydrogens (tertiary/aromatic N) is 2. The topological polar surface area (TPSA) is 72.2 Å². The monoisotopic (exact) mass is 278 g/mol. The molecule has 0 saturated heterocycles. The van der Waals surface area contributed by atoms with E-state index < -0.39 is 11.5 Å². The summed E-state index contributed by atoms with van der Waals surface area (Å²) in [6.45, 7) is 4.41. The average Bonchev–Trinajstić information content (AvgIpc) is 2.80. The molecule has 0 aliphatic heterocycles. The molecule has 100 valence electrons. The summed E-state index contributed by atoms with van der Waals surface area (Å²) in [6, 6.07) is 2.86. The molecule has 0 amide bonds. The summed E-state index contributed by atoms with van der Waals surface area (Å²) < 4.78 is 1.36. The van der Waals surface area contributed by atoms with Crippen LogP contribution in [-0.4, -0.2) is 20.6 Å². The number of aromatic carboxylic acids is 1. The third kappa shape index (κ3) is 2.90. The lowest BCUT2D eigenvalue weighted by Crippen LogP contribution is -2.26. The third-order valence-electron chi connectivity index (χ3n) is 2.65. The number of pyridine rings is 1. The van der Waals surface area contributed by atoms with Gasteiger partial charge in [-0.25, -0.2) is 9.78 Å². The quantitative estimate of drug-likeness (QED) is 0.930. The zero-order valence-corrected chi connectivity index (χ0v) is 11.5. The van der Waals surface area contributed by atoms with Crippen molar-refractivity contribution in [1.82, 2.24) is 9.55 Å². The Balaban J connectivity index is 2.30. The predicted molar refractivity (Wildman–Crippen MR) is 73.0 cm³/mol. The van der Waals surface area contributed by atoms with E-state index in [-0.39, 0.29) is 5.56 Å². The lowest BCUT2D eigenvalue weighted by atomic mass is 10.2. The molecule has 2 aromatic heterocycles. The molecule has 2 rings (SSSR count). The fourth-order valence-electron chi connectivity index (χ4n) is 1.66. The number of carboxylic acid groups (broad SMARTS) is 1. The van der Waals surface area contributed by atoms with Gasteiger partial charge in [0.15, 0.2) is 0 Å². The van der Waals surface area contributed by atoms with Crippen LogP contribution in [0.25, 0.3) is 0 Å². The summed E-state index contributed by atoms with van der Waals surface area (Å²) in [5.41, 5.74) is 0.0502. The molecule has 0 spiro atoms. The molecule has 0 aliphatic rings. The van der Waals surface area contributed by atoms with Crippen molar-refractivity contribution >= 4 is 17.3 Å². The highest BCUT2D eigenvalue weighted by Crippen LogP contribution is 2.19. The number of rotatable bonds is 4. The Morgan fingerprint density at radius 1 is 1.53 bits per heavy atom. The fourth-order valence-corrected chi connectivity index (χ4v) is 2.49. The Bertz CT molecular complexity index is 658. The minimum atomic E-state index is -1.21. The van der Waals surface area contributed by atoms with Gasteiger partial charge in [0.1, 0.15) is 5.56 Å². The fraction of sp³-hybridized carbons (Fsp3) is 0.308. The molecule has 1 N–H and O–H groups in total. The molecule has 6 heteroatoms. The number of hydrogen-bond acceptors (Lipinski definition) is 4. The van der Waals surface area contributed by atoms with Crippen molar-refractivity contribution in [2.24, 2.45) is 0 Å². The van der Waals surface area contributed by atoms with Crippen LogP contribution in [-0.2, 0) is 6.54 Å². The van der Waals surface area contributed by atoms with Crippen molar-refractivity contribution in [2.45, 2.75) is 26.3 Å². The summed E-state index contributed by atoms with van der Waals surface area (Å²) in [6.07, 6.45) is 1.57. The number of hydrogen-bond donors (Lipinski definition) is 1. The van der Waals surface area contributed by atoms with E-state index in [1.54, 1.807) is 23.6 Å². The molecule has 2 aromatic rings. The van der Waals surface area contributed by atoms with E-state index in [4.69, 9.17) is 5.11 Å². The summed E-state index contributed by atoms with van der Waals surface area (Å²) in [5, 5.41) is 11.8. The second-order valence-corrected chi connectivity index (χ2v) is 5.38. The molecule has 0 saturated carbocycles. The van der Waals surface area contributed by atoms with Crippen molar-refractivity contribution in [3.63, 3.8) is 0 Å². The van der Waals surface area contributed by atoms with E-state index in [0.717, 1.165) is 10.7 Å².